The van der Waals surface area contributed by atoms with Crippen LogP contribution in [-0.2, 0) is 24.8 Å². The van der Waals surface area contributed by atoms with Gasteiger partial charge >= 0.3 is 0 Å². The molecule has 0 atom stereocenters. The predicted octanol–water partition coefficient (Wildman–Crippen LogP) is 3.82. The van der Waals surface area contributed by atoms with Crippen LogP contribution in [0, 0.1) is 20.8 Å². The molecule has 0 aromatic heterocycles. The van der Waals surface area contributed by atoms with Crippen LogP contribution in [0.1, 0.15) is 16.7 Å². The molecule has 8 nitrogen and oxygen atoms in total. The average Bonchev–Trinajstić information content (AvgIpc) is 2.74. The molecule has 3 aromatic carbocycles. The zero-order valence-corrected chi connectivity index (χ0v) is 21.0. The van der Waals surface area contributed by atoms with Crippen molar-refractivity contribution in [1.29, 1.82) is 0 Å². The van der Waals surface area contributed by atoms with Crippen LogP contribution < -0.4 is 14.3 Å². The van der Waals surface area contributed by atoms with Crippen LogP contribution >= 0.6 is 0 Å². The van der Waals surface area contributed by atoms with Crippen LogP contribution in [0.25, 0.3) is 0 Å². The van der Waals surface area contributed by atoms with E-state index in [4.69, 9.17) is 0 Å². The van der Waals surface area contributed by atoms with Crippen LogP contribution in [0.5, 0.6) is 0 Å². The van der Waals surface area contributed by atoms with Gasteiger partial charge in [0.2, 0.25) is 15.9 Å². The van der Waals surface area contributed by atoms with E-state index in [1.807, 2.05) is 32.9 Å². The molecule has 0 aliphatic rings. The lowest BCUT2D eigenvalue weighted by Crippen LogP contribution is -2.37. The summed E-state index contributed by atoms with van der Waals surface area (Å²) >= 11 is 0. The number of rotatable bonds is 8. The highest BCUT2D eigenvalue weighted by atomic mass is 32.2. The van der Waals surface area contributed by atoms with Crippen molar-refractivity contribution in [3.8, 4) is 0 Å². The Morgan fingerprint density at radius 2 is 1.41 bits per heavy atom. The van der Waals surface area contributed by atoms with Crippen molar-refractivity contribution in [1.82, 2.24) is 0 Å². The number of carbonyl (C=O) groups excluding carboxylic acids is 1. The third-order valence-electron chi connectivity index (χ3n) is 5.08. The van der Waals surface area contributed by atoms with Crippen LogP contribution in [0.2, 0.25) is 0 Å². The third kappa shape index (κ3) is 6.36. The largest absolute Gasteiger partial charge is 0.325 e. The number of nitrogens with one attached hydrogen (secondary N) is 2. The van der Waals surface area contributed by atoms with Crippen molar-refractivity contribution in [3.63, 3.8) is 0 Å². The van der Waals surface area contributed by atoms with Crippen molar-refractivity contribution in [2.24, 2.45) is 0 Å². The second-order valence-electron chi connectivity index (χ2n) is 8.10. The van der Waals surface area contributed by atoms with Gasteiger partial charge in [0.15, 0.2) is 0 Å². The molecule has 3 aromatic rings. The molecule has 0 spiro atoms. The molecule has 0 saturated carbocycles. The van der Waals surface area contributed by atoms with Crippen LogP contribution in [-0.4, -0.2) is 35.5 Å². The molecule has 0 fully saturated rings. The van der Waals surface area contributed by atoms with Gasteiger partial charge < -0.3 is 5.32 Å². The van der Waals surface area contributed by atoms with Crippen molar-refractivity contribution < 1.29 is 21.6 Å². The summed E-state index contributed by atoms with van der Waals surface area (Å²) in [7, 11) is -7.52. The summed E-state index contributed by atoms with van der Waals surface area (Å²) in [5.74, 6) is -0.560. The minimum absolute atomic E-state index is 0.0305. The smallest absolute Gasteiger partial charge is 0.261 e. The lowest BCUT2D eigenvalue weighted by atomic mass is 10.1. The van der Waals surface area contributed by atoms with Gasteiger partial charge in [0.1, 0.15) is 6.54 Å². The molecule has 3 rings (SSSR count). The molecule has 0 bridgehead atoms. The van der Waals surface area contributed by atoms with E-state index >= 15 is 0 Å². The Morgan fingerprint density at radius 3 is 1.97 bits per heavy atom. The van der Waals surface area contributed by atoms with Crippen molar-refractivity contribution in [3.05, 3.63) is 83.4 Å². The number of aryl methyl sites for hydroxylation is 3. The standard InChI is InChI=1S/C24H27N3O5S2/c1-17-5-10-21(11-6-17)27(33(4,29)30)16-24(28)25-20-8-12-22(13-9-20)34(31,32)26-23-14-7-18(2)15-19(23)3/h5-15,26H,16H2,1-4H3,(H,25,28). The molecule has 180 valence electrons. The lowest BCUT2D eigenvalue weighted by molar-refractivity contribution is -0.114. The second-order valence-corrected chi connectivity index (χ2v) is 11.7. The average molecular weight is 502 g/mol. The number of hydrogen-bond donors (Lipinski definition) is 2. The maximum absolute atomic E-state index is 12.7. The van der Waals surface area contributed by atoms with Crippen LogP contribution in [0.4, 0.5) is 17.1 Å². The number of benzene rings is 3. The molecule has 34 heavy (non-hydrogen) atoms. The fraction of sp³-hybridized carbons (Fsp3) is 0.208. The first-order valence-electron chi connectivity index (χ1n) is 10.4. The summed E-state index contributed by atoms with van der Waals surface area (Å²) in [6, 6.07) is 17.8. The summed E-state index contributed by atoms with van der Waals surface area (Å²) in [5, 5.41) is 2.61. The predicted molar refractivity (Wildman–Crippen MR) is 135 cm³/mol. The fourth-order valence-corrected chi connectivity index (χ4v) is 5.28. The molecule has 0 radical (unpaired) electrons. The molecule has 1 amide bonds. The molecular weight excluding hydrogens is 474 g/mol. The number of anilines is 3. The first-order valence-corrected chi connectivity index (χ1v) is 13.7. The van der Waals surface area contributed by atoms with E-state index in [1.165, 1.54) is 24.3 Å². The minimum atomic E-state index is -3.82. The summed E-state index contributed by atoms with van der Waals surface area (Å²) < 4.78 is 53.5. The van der Waals surface area contributed by atoms with Gasteiger partial charge in [-0.25, -0.2) is 16.8 Å². The van der Waals surface area contributed by atoms with Crippen LogP contribution in [0.3, 0.4) is 0 Å². The maximum atomic E-state index is 12.7. The summed E-state index contributed by atoms with van der Waals surface area (Å²) in [6.07, 6.45) is 1.03. The van der Waals surface area contributed by atoms with Crippen LogP contribution in [0.15, 0.2) is 71.6 Å². The fourth-order valence-electron chi connectivity index (χ4n) is 3.29. The van der Waals surface area contributed by atoms with Gasteiger partial charge in [-0.05, 0) is 68.8 Å². The van der Waals surface area contributed by atoms with E-state index in [1.54, 1.807) is 30.3 Å². The summed E-state index contributed by atoms with van der Waals surface area (Å²) in [5.41, 5.74) is 3.99. The number of carbonyl (C=O) groups is 1. The van der Waals surface area contributed by atoms with Gasteiger partial charge in [-0.3, -0.25) is 13.8 Å². The molecule has 2 N–H and O–H groups in total. The van der Waals surface area contributed by atoms with Gasteiger partial charge in [0, 0.05) is 5.69 Å². The van der Waals surface area contributed by atoms with E-state index in [0.29, 0.717) is 17.1 Å². The van der Waals surface area contributed by atoms with E-state index in [0.717, 1.165) is 27.3 Å². The Bertz CT molecular complexity index is 1400. The maximum Gasteiger partial charge on any atom is 0.261 e. The van der Waals surface area contributed by atoms with Gasteiger partial charge in [0.25, 0.3) is 10.0 Å². The minimum Gasteiger partial charge on any atom is -0.325 e. The molecule has 0 saturated heterocycles. The summed E-state index contributed by atoms with van der Waals surface area (Å²) in [4.78, 5) is 12.6. The topological polar surface area (TPSA) is 113 Å². The zero-order chi connectivity index (χ0) is 25.1. The van der Waals surface area contributed by atoms with Gasteiger partial charge in [-0.15, -0.1) is 0 Å². The van der Waals surface area contributed by atoms with Gasteiger partial charge in [-0.1, -0.05) is 35.4 Å². The molecule has 0 aliphatic heterocycles. The Hall–Kier alpha value is -3.37. The monoisotopic (exact) mass is 501 g/mol. The van der Waals surface area contributed by atoms with E-state index in [9.17, 15) is 21.6 Å². The zero-order valence-electron chi connectivity index (χ0n) is 19.4. The number of hydrogen-bond acceptors (Lipinski definition) is 5. The summed E-state index contributed by atoms with van der Waals surface area (Å²) in [6.45, 7) is 5.20. The number of sulfonamides is 2. The molecule has 0 unspecified atom stereocenters. The lowest BCUT2D eigenvalue weighted by Gasteiger charge is -2.22. The quantitative estimate of drug-likeness (QED) is 0.487. The van der Waals surface area contributed by atoms with E-state index in [-0.39, 0.29) is 4.90 Å². The number of nitrogens with zero attached hydrogens (tertiary/aromatic N) is 1. The van der Waals surface area contributed by atoms with Crippen molar-refractivity contribution >= 4 is 43.0 Å². The normalized spacial score (nSPS) is 11.6. The van der Waals surface area contributed by atoms with Crippen molar-refractivity contribution in [2.75, 3.05) is 27.1 Å². The Balaban J connectivity index is 1.71. The highest BCUT2D eigenvalue weighted by Gasteiger charge is 2.21. The van der Waals surface area contributed by atoms with Gasteiger partial charge in [0.05, 0.1) is 22.5 Å². The molecule has 0 aliphatic carbocycles. The Kier molecular flexibility index (Phi) is 7.32. The highest BCUT2D eigenvalue weighted by molar-refractivity contribution is 7.92. The third-order valence-corrected chi connectivity index (χ3v) is 7.61. The first-order chi connectivity index (χ1) is 15.8. The first kappa shape index (κ1) is 25.3. The van der Waals surface area contributed by atoms with Gasteiger partial charge in [-0.2, -0.15) is 0 Å². The highest BCUT2D eigenvalue weighted by Crippen LogP contribution is 2.22. The van der Waals surface area contributed by atoms with Crippen molar-refractivity contribution in [2.45, 2.75) is 25.7 Å². The Labute approximate surface area is 200 Å². The second kappa shape index (κ2) is 9.86. The van der Waals surface area contributed by atoms with E-state index < -0.39 is 32.5 Å². The Morgan fingerprint density at radius 1 is 0.824 bits per heavy atom. The van der Waals surface area contributed by atoms with E-state index in [2.05, 4.69) is 10.0 Å². The SMILES string of the molecule is Cc1ccc(N(CC(=O)Nc2ccc(S(=O)(=O)Nc3ccc(C)cc3C)cc2)S(C)(=O)=O)cc1. The molecule has 10 heteroatoms. The molecule has 0 heterocycles. The molecular formula is C24H27N3O5S2. The number of amides is 1.